The number of para-hydroxylation sites is 1. The zero-order chi connectivity index (χ0) is 13.0. The molecule has 2 N–H and O–H groups in total. The van der Waals surface area contributed by atoms with Crippen molar-refractivity contribution in [2.24, 2.45) is 5.73 Å². The molecule has 92 valence electrons. The summed E-state index contributed by atoms with van der Waals surface area (Å²) in [4.78, 5) is 10.3. The topological polar surface area (TPSA) is 78.4 Å². The van der Waals surface area contributed by atoms with Crippen molar-refractivity contribution in [3.8, 4) is 11.5 Å². The third-order valence-corrected chi connectivity index (χ3v) is 2.45. The van der Waals surface area contributed by atoms with Crippen LogP contribution in [0.1, 0.15) is 5.56 Å². The Morgan fingerprint density at radius 1 is 1.11 bits per heavy atom. The van der Waals surface area contributed by atoms with Crippen LogP contribution in [-0.2, 0) is 6.54 Å². The van der Waals surface area contributed by atoms with Gasteiger partial charge < -0.3 is 10.5 Å². The van der Waals surface area contributed by atoms with Gasteiger partial charge in [0.25, 0.3) is 5.69 Å². The molecule has 0 fully saturated rings. The molecule has 5 nitrogen and oxygen atoms in total. The molecule has 0 bridgehead atoms. The average molecular weight is 244 g/mol. The van der Waals surface area contributed by atoms with Crippen LogP contribution in [-0.4, -0.2) is 4.92 Å². The largest absolute Gasteiger partial charge is 0.457 e. The van der Waals surface area contributed by atoms with Crippen molar-refractivity contribution in [2.75, 3.05) is 0 Å². The van der Waals surface area contributed by atoms with E-state index in [0.29, 0.717) is 17.1 Å². The lowest BCUT2D eigenvalue weighted by Gasteiger charge is -2.07. The second kappa shape index (κ2) is 5.29. The first-order chi connectivity index (χ1) is 8.70. The Morgan fingerprint density at radius 2 is 1.83 bits per heavy atom. The van der Waals surface area contributed by atoms with E-state index in [1.54, 1.807) is 12.1 Å². The van der Waals surface area contributed by atoms with Crippen molar-refractivity contribution in [3.63, 3.8) is 0 Å². The van der Waals surface area contributed by atoms with Crippen molar-refractivity contribution in [1.82, 2.24) is 0 Å². The second-order valence-corrected chi connectivity index (χ2v) is 3.67. The minimum atomic E-state index is -0.450. The second-order valence-electron chi connectivity index (χ2n) is 3.67. The lowest BCUT2D eigenvalue weighted by molar-refractivity contribution is -0.385. The van der Waals surface area contributed by atoms with E-state index in [-0.39, 0.29) is 12.2 Å². The zero-order valence-electron chi connectivity index (χ0n) is 9.58. The first-order valence-corrected chi connectivity index (χ1v) is 5.41. The van der Waals surface area contributed by atoms with Crippen LogP contribution in [0, 0.1) is 10.1 Å². The van der Waals surface area contributed by atoms with Crippen molar-refractivity contribution in [2.45, 2.75) is 6.54 Å². The van der Waals surface area contributed by atoms with Gasteiger partial charge in [0, 0.05) is 18.2 Å². The molecule has 0 atom stereocenters. The number of nitro benzene ring substituents is 1. The fraction of sp³-hybridized carbons (Fsp3) is 0.0769. The number of nitrogens with two attached hydrogens (primary N) is 1. The van der Waals surface area contributed by atoms with Crippen LogP contribution in [0.15, 0.2) is 48.5 Å². The summed E-state index contributed by atoms with van der Waals surface area (Å²) < 4.78 is 5.58. The fourth-order valence-corrected chi connectivity index (χ4v) is 1.59. The normalized spacial score (nSPS) is 10.1. The number of hydrogen-bond donors (Lipinski definition) is 1. The molecule has 0 aliphatic rings. The predicted molar refractivity (Wildman–Crippen MR) is 67.5 cm³/mol. The van der Waals surface area contributed by atoms with Gasteiger partial charge in [-0.05, 0) is 24.3 Å². The van der Waals surface area contributed by atoms with Gasteiger partial charge in [-0.15, -0.1) is 0 Å². The molecule has 0 unspecified atom stereocenters. The number of nitro groups is 1. The van der Waals surface area contributed by atoms with Crippen LogP contribution in [0.5, 0.6) is 11.5 Å². The predicted octanol–water partition coefficient (Wildman–Crippen LogP) is 2.85. The molecule has 0 spiro atoms. The Kier molecular flexibility index (Phi) is 3.54. The Balaban J connectivity index is 2.28. The van der Waals surface area contributed by atoms with Gasteiger partial charge in [0.1, 0.15) is 11.5 Å². The number of ether oxygens (including phenoxy) is 1. The highest BCUT2D eigenvalue weighted by Crippen LogP contribution is 2.27. The van der Waals surface area contributed by atoms with Gasteiger partial charge in [-0.3, -0.25) is 10.1 Å². The van der Waals surface area contributed by atoms with Crippen LogP contribution in [0.25, 0.3) is 0 Å². The number of hydrogen-bond acceptors (Lipinski definition) is 4. The van der Waals surface area contributed by atoms with Crippen LogP contribution < -0.4 is 10.5 Å². The van der Waals surface area contributed by atoms with Gasteiger partial charge in [-0.1, -0.05) is 18.2 Å². The van der Waals surface area contributed by atoms with Crippen molar-refractivity contribution in [1.29, 1.82) is 0 Å². The minimum Gasteiger partial charge on any atom is -0.457 e. The van der Waals surface area contributed by atoms with Gasteiger partial charge in [0.15, 0.2) is 0 Å². The van der Waals surface area contributed by atoms with Crippen molar-refractivity contribution < 1.29 is 9.66 Å². The molecule has 0 amide bonds. The molecule has 0 saturated carbocycles. The Labute approximate surface area is 104 Å². The first kappa shape index (κ1) is 12.1. The van der Waals surface area contributed by atoms with Crippen LogP contribution in [0.2, 0.25) is 0 Å². The summed E-state index contributed by atoms with van der Waals surface area (Å²) >= 11 is 0. The third-order valence-electron chi connectivity index (χ3n) is 2.45. The summed E-state index contributed by atoms with van der Waals surface area (Å²) in [7, 11) is 0. The molecule has 2 aromatic carbocycles. The molecule has 0 saturated heterocycles. The highest BCUT2D eigenvalue weighted by atomic mass is 16.6. The quantitative estimate of drug-likeness (QED) is 0.662. The van der Waals surface area contributed by atoms with E-state index in [0.717, 1.165) is 0 Å². The average Bonchev–Trinajstić information content (AvgIpc) is 2.39. The van der Waals surface area contributed by atoms with E-state index in [4.69, 9.17) is 10.5 Å². The van der Waals surface area contributed by atoms with E-state index in [9.17, 15) is 10.1 Å². The van der Waals surface area contributed by atoms with E-state index in [2.05, 4.69) is 0 Å². The number of rotatable bonds is 4. The van der Waals surface area contributed by atoms with Crippen molar-refractivity contribution in [3.05, 3.63) is 64.2 Å². The van der Waals surface area contributed by atoms with E-state index in [1.165, 1.54) is 6.07 Å². The Bertz CT molecular complexity index is 555. The van der Waals surface area contributed by atoms with E-state index >= 15 is 0 Å². The van der Waals surface area contributed by atoms with Gasteiger partial charge in [-0.2, -0.15) is 0 Å². The SMILES string of the molecule is NCc1cc(Oc2ccccc2)ccc1[N+](=O)[O-]. The lowest BCUT2D eigenvalue weighted by Crippen LogP contribution is -2.02. The molecule has 5 heteroatoms. The van der Waals surface area contributed by atoms with Crippen molar-refractivity contribution >= 4 is 5.69 Å². The minimum absolute atomic E-state index is 0.0120. The maximum absolute atomic E-state index is 10.8. The summed E-state index contributed by atoms with van der Waals surface area (Å²) in [5.41, 5.74) is 5.95. The molecule has 0 aromatic heterocycles. The Hall–Kier alpha value is -2.40. The number of benzene rings is 2. The summed E-state index contributed by atoms with van der Waals surface area (Å²) in [6.45, 7) is 0.0995. The molecule has 18 heavy (non-hydrogen) atoms. The molecule has 0 aliphatic heterocycles. The maximum Gasteiger partial charge on any atom is 0.274 e. The molecule has 0 radical (unpaired) electrons. The maximum atomic E-state index is 10.8. The van der Waals surface area contributed by atoms with Crippen LogP contribution in [0.4, 0.5) is 5.69 Å². The highest BCUT2D eigenvalue weighted by Gasteiger charge is 2.13. The van der Waals surface area contributed by atoms with Crippen LogP contribution >= 0.6 is 0 Å². The van der Waals surface area contributed by atoms with Crippen LogP contribution in [0.3, 0.4) is 0 Å². The first-order valence-electron chi connectivity index (χ1n) is 5.41. The van der Waals surface area contributed by atoms with E-state index < -0.39 is 4.92 Å². The van der Waals surface area contributed by atoms with E-state index in [1.807, 2.05) is 30.3 Å². The third kappa shape index (κ3) is 2.64. The standard InChI is InChI=1S/C13H12N2O3/c14-9-10-8-12(6-7-13(10)15(16)17)18-11-4-2-1-3-5-11/h1-8H,9,14H2. The fourth-order valence-electron chi connectivity index (χ4n) is 1.59. The molecular weight excluding hydrogens is 232 g/mol. The smallest absolute Gasteiger partial charge is 0.274 e. The number of nitrogens with zero attached hydrogens (tertiary/aromatic N) is 1. The summed E-state index contributed by atoms with van der Waals surface area (Å²) in [5, 5.41) is 10.8. The van der Waals surface area contributed by atoms with Gasteiger partial charge in [-0.25, -0.2) is 0 Å². The van der Waals surface area contributed by atoms with Gasteiger partial charge in [0.05, 0.1) is 4.92 Å². The molecule has 0 aliphatic carbocycles. The Morgan fingerprint density at radius 3 is 2.44 bits per heavy atom. The lowest BCUT2D eigenvalue weighted by atomic mass is 10.1. The molecule has 2 rings (SSSR count). The monoisotopic (exact) mass is 244 g/mol. The van der Waals surface area contributed by atoms with Gasteiger partial charge >= 0.3 is 0 Å². The zero-order valence-corrected chi connectivity index (χ0v) is 9.58. The molecule has 0 heterocycles. The summed E-state index contributed by atoms with van der Waals surface area (Å²) in [5.74, 6) is 1.21. The summed E-state index contributed by atoms with van der Waals surface area (Å²) in [6.07, 6.45) is 0. The highest BCUT2D eigenvalue weighted by molar-refractivity contribution is 5.46. The molecular formula is C13H12N2O3. The molecule has 2 aromatic rings. The van der Waals surface area contributed by atoms with Gasteiger partial charge in [0.2, 0.25) is 0 Å². The summed E-state index contributed by atoms with van der Waals surface area (Å²) in [6, 6.07) is 13.8.